The quantitative estimate of drug-likeness (QED) is 0.622. The van der Waals surface area contributed by atoms with Gasteiger partial charge in [-0.1, -0.05) is 6.07 Å². The van der Waals surface area contributed by atoms with E-state index in [1.807, 2.05) is 6.07 Å². The third-order valence-corrected chi connectivity index (χ3v) is 3.33. The van der Waals surface area contributed by atoms with Crippen LogP contribution in [-0.2, 0) is 6.42 Å². The molecule has 0 saturated heterocycles. The highest BCUT2D eigenvalue weighted by Gasteiger charge is 2.29. The first kappa shape index (κ1) is 12.8. The molecule has 1 aliphatic carbocycles. The van der Waals surface area contributed by atoms with Gasteiger partial charge in [0.25, 0.3) is 0 Å². The van der Waals surface area contributed by atoms with E-state index in [0.717, 1.165) is 18.4 Å². The van der Waals surface area contributed by atoms with Crippen LogP contribution >= 0.6 is 0 Å². The second-order valence-electron chi connectivity index (χ2n) is 4.71. The van der Waals surface area contributed by atoms with Gasteiger partial charge in [-0.3, -0.25) is 10.1 Å². The van der Waals surface area contributed by atoms with Crippen molar-refractivity contribution in [3.05, 3.63) is 33.9 Å². The number of hydrogen-bond acceptors (Lipinski definition) is 4. The number of nitro benzene ring substituents is 1. The maximum atomic E-state index is 10.9. The molecule has 1 N–H and O–H groups in total. The van der Waals surface area contributed by atoms with E-state index in [1.54, 1.807) is 6.07 Å². The predicted octanol–water partition coefficient (Wildman–Crippen LogP) is 2.31. The summed E-state index contributed by atoms with van der Waals surface area (Å²) < 4.78 is 4.94. The van der Waals surface area contributed by atoms with Gasteiger partial charge >= 0.3 is 5.69 Å². The number of rotatable bonds is 6. The highest BCUT2D eigenvalue weighted by atomic mass is 16.6. The zero-order valence-corrected chi connectivity index (χ0v) is 10.3. The first-order valence-electron chi connectivity index (χ1n) is 6.11. The van der Waals surface area contributed by atoms with Gasteiger partial charge in [0.15, 0.2) is 5.75 Å². The third kappa shape index (κ3) is 2.98. The minimum atomic E-state index is -0.445. The summed E-state index contributed by atoms with van der Waals surface area (Å²) in [4.78, 5) is 10.4. The van der Waals surface area contributed by atoms with Crippen LogP contribution in [0.2, 0.25) is 0 Å². The number of aliphatic hydroxyl groups excluding tert-OH is 1. The minimum absolute atomic E-state index is 0.0177. The van der Waals surface area contributed by atoms with Crippen LogP contribution in [0.5, 0.6) is 5.75 Å². The van der Waals surface area contributed by atoms with Crippen molar-refractivity contribution < 1.29 is 14.8 Å². The number of aryl methyl sites for hydroxylation is 1. The zero-order valence-electron chi connectivity index (χ0n) is 10.3. The molecule has 0 bridgehead atoms. The Labute approximate surface area is 106 Å². The number of aliphatic hydroxyl groups is 1. The first-order chi connectivity index (χ1) is 8.61. The smallest absolute Gasteiger partial charge is 0.311 e. The Hall–Kier alpha value is -1.62. The Morgan fingerprint density at radius 3 is 2.83 bits per heavy atom. The van der Waals surface area contributed by atoms with Gasteiger partial charge in [0.2, 0.25) is 0 Å². The fraction of sp³-hybridized carbons (Fsp3) is 0.538. The molecule has 0 radical (unpaired) electrons. The summed E-state index contributed by atoms with van der Waals surface area (Å²) >= 11 is 0. The van der Waals surface area contributed by atoms with Gasteiger partial charge in [0.05, 0.1) is 18.1 Å². The third-order valence-electron chi connectivity index (χ3n) is 3.33. The fourth-order valence-electron chi connectivity index (χ4n) is 2.06. The van der Waals surface area contributed by atoms with Gasteiger partial charge < -0.3 is 9.84 Å². The Morgan fingerprint density at radius 2 is 2.28 bits per heavy atom. The van der Waals surface area contributed by atoms with Gasteiger partial charge in [-0.2, -0.15) is 0 Å². The van der Waals surface area contributed by atoms with Crippen molar-refractivity contribution >= 4 is 5.69 Å². The van der Waals surface area contributed by atoms with E-state index < -0.39 is 4.92 Å². The Balaban J connectivity index is 2.03. The molecule has 1 saturated carbocycles. The molecule has 5 nitrogen and oxygen atoms in total. The molecule has 98 valence electrons. The molecule has 0 amide bonds. The van der Waals surface area contributed by atoms with Crippen LogP contribution in [-0.4, -0.2) is 23.2 Å². The van der Waals surface area contributed by atoms with Gasteiger partial charge in [-0.05, 0) is 43.2 Å². The lowest BCUT2D eigenvalue weighted by Gasteiger charge is -2.09. The number of nitrogens with zero attached hydrogens (tertiary/aromatic N) is 1. The Morgan fingerprint density at radius 1 is 1.56 bits per heavy atom. The van der Waals surface area contributed by atoms with Crippen LogP contribution in [0.15, 0.2) is 18.2 Å². The molecule has 1 aliphatic rings. The summed E-state index contributed by atoms with van der Waals surface area (Å²) in [5.41, 5.74) is 0.845. The number of methoxy groups -OCH3 is 1. The van der Waals surface area contributed by atoms with E-state index in [9.17, 15) is 15.2 Å². The van der Waals surface area contributed by atoms with Crippen molar-refractivity contribution in [2.24, 2.45) is 5.92 Å². The standard InChI is InChI=1S/C13H17NO4/c1-18-13-7-3-9(8-11(13)14(16)17)2-6-12(15)10-4-5-10/h3,7-8,10,12,15H,2,4-6H2,1H3. The van der Waals surface area contributed by atoms with E-state index in [4.69, 9.17) is 4.74 Å². The summed E-state index contributed by atoms with van der Waals surface area (Å²) in [6, 6.07) is 4.95. The van der Waals surface area contributed by atoms with E-state index in [0.29, 0.717) is 18.8 Å². The van der Waals surface area contributed by atoms with Crippen molar-refractivity contribution in [3.63, 3.8) is 0 Å². The summed E-state index contributed by atoms with van der Waals surface area (Å²) in [5.74, 6) is 0.713. The van der Waals surface area contributed by atoms with E-state index >= 15 is 0 Å². The van der Waals surface area contributed by atoms with E-state index in [1.165, 1.54) is 13.2 Å². The molecule has 0 aliphatic heterocycles. The molecule has 1 fully saturated rings. The van der Waals surface area contributed by atoms with Gasteiger partial charge in [-0.15, -0.1) is 0 Å². The van der Waals surface area contributed by atoms with Crippen molar-refractivity contribution in [2.45, 2.75) is 31.8 Å². The van der Waals surface area contributed by atoms with Crippen molar-refractivity contribution in [1.29, 1.82) is 0 Å². The second kappa shape index (κ2) is 5.35. The normalized spacial score (nSPS) is 16.3. The van der Waals surface area contributed by atoms with Crippen LogP contribution in [0.3, 0.4) is 0 Å². The molecule has 0 heterocycles. The second-order valence-corrected chi connectivity index (χ2v) is 4.71. The highest BCUT2D eigenvalue weighted by molar-refractivity contribution is 5.48. The highest BCUT2D eigenvalue weighted by Crippen LogP contribution is 2.35. The molecule has 0 aromatic heterocycles. The summed E-state index contributed by atoms with van der Waals surface area (Å²) in [5, 5.41) is 20.6. The summed E-state index contributed by atoms with van der Waals surface area (Å²) in [6.45, 7) is 0. The fourth-order valence-corrected chi connectivity index (χ4v) is 2.06. The average molecular weight is 251 g/mol. The molecule has 1 aromatic rings. The number of ether oxygens (including phenoxy) is 1. The molecule has 1 aromatic carbocycles. The summed E-state index contributed by atoms with van der Waals surface area (Å²) in [6.07, 6.45) is 3.25. The van der Waals surface area contributed by atoms with Gasteiger partial charge in [-0.25, -0.2) is 0 Å². The summed E-state index contributed by atoms with van der Waals surface area (Å²) in [7, 11) is 1.42. The minimum Gasteiger partial charge on any atom is -0.490 e. The molecular formula is C13H17NO4. The SMILES string of the molecule is COc1ccc(CCC(O)C2CC2)cc1[N+](=O)[O-]. The molecule has 2 rings (SSSR count). The zero-order chi connectivity index (χ0) is 13.1. The van der Waals surface area contributed by atoms with Crippen LogP contribution in [0.25, 0.3) is 0 Å². The number of hydrogen-bond donors (Lipinski definition) is 1. The largest absolute Gasteiger partial charge is 0.490 e. The van der Waals surface area contributed by atoms with E-state index in [2.05, 4.69) is 0 Å². The molecule has 18 heavy (non-hydrogen) atoms. The lowest BCUT2D eigenvalue weighted by molar-refractivity contribution is -0.385. The monoisotopic (exact) mass is 251 g/mol. The predicted molar refractivity (Wildman–Crippen MR) is 66.7 cm³/mol. The Bertz CT molecular complexity index is 443. The van der Waals surface area contributed by atoms with Crippen molar-refractivity contribution in [3.8, 4) is 5.75 Å². The van der Waals surface area contributed by atoms with Crippen molar-refractivity contribution in [2.75, 3.05) is 7.11 Å². The Kier molecular flexibility index (Phi) is 3.81. The maximum absolute atomic E-state index is 10.9. The molecule has 5 heteroatoms. The number of nitro groups is 1. The van der Waals surface area contributed by atoms with E-state index in [-0.39, 0.29) is 17.5 Å². The van der Waals surface area contributed by atoms with Crippen molar-refractivity contribution in [1.82, 2.24) is 0 Å². The van der Waals surface area contributed by atoms with Gasteiger partial charge in [0, 0.05) is 6.07 Å². The first-order valence-corrected chi connectivity index (χ1v) is 6.11. The number of benzene rings is 1. The maximum Gasteiger partial charge on any atom is 0.311 e. The van der Waals surface area contributed by atoms with Crippen LogP contribution in [0.4, 0.5) is 5.69 Å². The molecule has 1 atom stereocenters. The average Bonchev–Trinajstić information content (AvgIpc) is 3.19. The van der Waals surface area contributed by atoms with Gasteiger partial charge in [0.1, 0.15) is 0 Å². The van der Waals surface area contributed by atoms with Crippen LogP contribution in [0, 0.1) is 16.0 Å². The lowest BCUT2D eigenvalue weighted by atomic mass is 10.0. The topological polar surface area (TPSA) is 72.6 Å². The molecule has 0 spiro atoms. The molecular weight excluding hydrogens is 234 g/mol. The lowest BCUT2D eigenvalue weighted by Crippen LogP contribution is -2.10. The van der Waals surface area contributed by atoms with Crippen LogP contribution < -0.4 is 4.74 Å². The molecule has 1 unspecified atom stereocenters. The van der Waals surface area contributed by atoms with Crippen LogP contribution in [0.1, 0.15) is 24.8 Å².